The number of amides is 1. The SMILES string of the molecule is NC(=O)c1cnc(NC2CCCCC2N)nc1Nc1ccc2ccccc2c1. The van der Waals surface area contributed by atoms with E-state index in [9.17, 15) is 4.79 Å². The molecule has 6 N–H and O–H groups in total. The van der Waals surface area contributed by atoms with E-state index in [2.05, 4.69) is 20.6 Å². The van der Waals surface area contributed by atoms with Crippen LogP contribution in [0.25, 0.3) is 10.8 Å². The molecule has 0 bridgehead atoms. The molecule has 2 atom stereocenters. The van der Waals surface area contributed by atoms with E-state index in [1.54, 1.807) is 0 Å². The third-order valence-corrected chi connectivity index (χ3v) is 5.20. The number of anilines is 3. The molecule has 3 aromatic rings. The molecule has 1 saturated carbocycles. The zero-order valence-corrected chi connectivity index (χ0v) is 15.6. The number of nitrogens with zero attached hydrogens (tertiary/aromatic N) is 2. The molecule has 7 nitrogen and oxygen atoms in total. The van der Waals surface area contributed by atoms with E-state index in [-0.39, 0.29) is 17.6 Å². The lowest BCUT2D eigenvalue weighted by molar-refractivity contribution is 0.100. The first-order valence-electron chi connectivity index (χ1n) is 9.55. The number of primary amides is 1. The van der Waals surface area contributed by atoms with Crippen molar-refractivity contribution in [1.29, 1.82) is 0 Å². The molecule has 0 radical (unpaired) electrons. The number of benzene rings is 2. The summed E-state index contributed by atoms with van der Waals surface area (Å²) in [7, 11) is 0. The fourth-order valence-electron chi connectivity index (χ4n) is 3.64. The van der Waals surface area contributed by atoms with Crippen LogP contribution in [-0.4, -0.2) is 28.0 Å². The number of hydrogen-bond acceptors (Lipinski definition) is 6. The lowest BCUT2D eigenvalue weighted by Gasteiger charge is -2.29. The quantitative estimate of drug-likeness (QED) is 0.543. The summed E-state index contributed by atoms with van der Waals surface area (Å²) in [4.78, 5) is 20.6. The first-order chi connectivity index (χ1) is 13.6. The monoisotopic (exact) mass is 376 g/mol. The van der Waals surface area contributed by atoms with Crippen molar-refractivity contribution >= 4 is 34.1 Å². The summed E-state index contributed by atoms with van der Waals surface area (Å²) in [6.45, 7) is 0. The predicted molar refractivity (Wildman–Crippen MR) is 112 cm³/mol. The van der Waals surface area contributed by atoms with Crippen molar-refractivity contribution in [2.24, 2.45) is 11.5 Å². The highest BCUT2D eigenvalue weighted by atomic mass is 16.1. The van der Waals surface area contributed by atoms with E-state index in [1.807, 2.05) is 42.5 Å². The molecule has 28 heavy (non-hydrogen) atoms. The maximum absolute atomic E-state index is 11.8. The molecule has 0 spiro atoms. The second-order valence-electron chi connectivity index (χ2n) is 7.21. The number of nitrogens with one attached hydrogen (secondary N) is 2. The average molecular weight is 376 g/mol. The Labute approximate surface area is 163 Å². The largest absolute Gasteiger partial charge is 0.365 e. The second kappa shape index (κ2) is 7.82. The molecule has 1 fully saturated rings. The minimum Gasteiger partial charge on any atom is -0.365 e. The highest BCUT2D eigenvalue weighted by molar-refractivity contribution is 5.98. The van der Waals surface area contributed by atoms with Gasteiger partial charge in [-0.2, -0.15) is 4.98 Å². The van der Waals surface area contributed by atoms with E-state index >= 15 is 0 Å². The first kappa shape index (κ1) is 18.2. The molecule has 7 heteroatoms. The summed E-state index contributed by atoms with van der Waals surface area (Å²) < 4.78 is 0. The van der Waals surface area contributed by atoms with E-state index in [0.717, 1.165) is 42.1 Å². The minimum atomic E-state index is -0.579. The van der Waals surface area contributed by atoms with Crippen LogP contribution in [0.2, 0.25) is 0 Å². The number of carbonyl (C=O) groups excluding carboxylic acids is 1. The van der Waals surface area contributed by atoms with Crippen molar-refractivity contribution in [2.45, 2.75) is 37.8 Å². The lowest BCUT2D eigenvalue weighted by atomic mass is 9.91. The molecular formula is C21H24N6O. The lowest BCUT2D eigenvalue weighted by Crippen LogP contribution is -2.43. The number of nitrogens with two attached hydrogens (primary N) is 2. The molecule has 1 amide bonds. The molecule has 1 heterocycles. The van der Waals surface area contributed by atoms with E-state index in [1.165, 1.54) is 6.20 Å². The van der Waals surface area contributed by atoms with Crippen LogP contribution in [-0.2, 0) is 0 Å². The summed E-state index contributed by atoms with van der Waals surface area (Å²) >= 11 is 0. The minimum absolute atomic E-state index is 0.0741. The maximum atomic E-state index is 11.8. The number of fused-ring (bicyclic) bond motifs is 1. The number of aromatic nitrogens is 2. The molecule has 1 aliphatic carbocycles. The molecule has 1 aliphatic rings. The van der Waals surface area contributed by atoms with Crippen LogP contribution in [0, 0.1) is 0 Å². The summed E-state index contributed by atoms with van der Waals surface area (Å²) in [5.41, 5.74) is 12.8. The van der Waals surface area contributed by atoms with Crippen LogP contribution in [0.1, 0.15) is 36.0 Å². The van der Waals surface area contributed by atoms with Crippen LogP contribution in [0.4, 0.5) is 17.5 Å². The highest BCUT2D eigenvalue weighted by Crippen LogP contribution is 2.25. The van der Waals surface area contributed by atoms with Gasteiger partial charge in [-0.25, -0.2) is 4.98 Å². The Hall–Kier alpha value is -3.19. The number of hydrogen-bond donors (Lipinski definition) is 4. The molecule has 0 saturated heterocycles. The molecule has 2 aromatic carbocycles. The van der Waals surface area contributed by atoms with Gasteiger partial charge >= 0.3 is 0 Å². The summed E-state index contributed by atoms with van der Waals surface area (Å²) in [5, 5.41) is 8.75. The molecule has 144 valence electrons. The fraction of sp³-hybridized carbons (Fsp3) is 0.286. The van der Waals surface area contributed by atoms with Crippen LogP contribution in [0.5, 0.6) is 0 Å². The normalized spacial score (nSPS) is 19.3. The smallest absolute Gasteiger partial charge is 0.254 e. The molecule has 0 aliphatic heterocycles. The van der Waals surface area contributed by atoms with Crippen LogP contribution < -0.4 is 22.1 Å². The first-order valence-corrected chi connectivity index (χ1v) is 9.55. The van der Waals surface area contributed by atoms with E-state index in [4.69, 9.17) is 11.5 Å². The predicted octanol–water partition coefficient (Wildman–Crippen LogP) is 3.15. The van der Waals surface area contributed by atoms with Gasteiger partial charge in [0, 0.05) is 24.0 Å². The van der Waals surface area contributed by atoms with E-state index < -0.39 is 5.91 Å². The number of carbonyl (C=O) groups is 1. The van der Waals surface area contributed by atoms with Gasteiger partial charge in [0.2, 0.25) is 5.95 Å². The van der Waals surface area contributed by atoms with Gasteiger partial charge in [-0.15, -0.1) is 0 Å². The maximum Gasteiger partial charge on any atom is 0.254 e. The second-order valence-corrected chi connectivity index (χ2v) is 7.21. The van der Waals surface area contributed by atoms with Crippen molar-refractivity contribution in [3.8, 4) is 0 Å². The Morgan fingerprint density at radius 3 is 2.64 bits per heavy atom. The summed E-state index contributed by atoms with van der Waals surface area (Å²) in [6, 6.07) is 14.2. The van der Waals surface area contributed by atoms with Crippen molar-refractivity contribution < 1.29 is 4.79 Å². The average Bonchev–Trinajstić information content (AvgIpc) is 2.70. The van der Waals surface area contributed by atoms with Gasteiger partial charge in [-0.3, -0.25) is 4.79 Å². The Morgan fingerprint density at radius 1 is 1.07 bits per heavy atom. The Morgan fingerprint density at radius 2 is 1.86 bits per heavy atom. The Bertz CT molecular complexity index is 1010. The molecule has 4 rings (SSSR count). The molecular weight excluding hydrogens is 352 g/mol. The van der Waals surface area contributed by atoms with Gasteiger partial charge in [0.25, 0.3) is 5.91 Å². The van der Waals surface area contributed by atoms with Gasteiger partial charge in [0.1, 0.15) is 11.4 Å². The van der Waals surface area contributed by atoms with Gasteiger partial charge in [0.15, 0.2) is 0 Å². The van der Waals surface area contributed by atoms with Gasteiger partial charge in [0.05, 0.1) is 0 Å². The standard InChI is InChI=1S/C21H24N6O/c22-17-7-3-4-8-18(17)26-21-24-12-16(19(23)28)20(27-21)25-15-10-9-13-5-1-2-6-14(13)11-15/h1-2,5-6,9-12,17-18H,3-4,7-8,22H2,(H2,23,28)(H2,24,25,26,27). The van der Waals surface area contributed by atoms with Crippen molar-refractivity contribution in [1.82, 2.24) is 9.97 Å². The fourth-order valence-corrected chi connectivity index (χ4v) is 3.64. The highest BCUT2D eigenvalue weighted by Gasteiger charge is 2.23. The van der Waals surface area contributed by atoms with Crippen LogP contribution >= 0.6 is 0 Å². The molecule has 1 aromatic heterocycles. The Kier molecular flexibility index (Phi) is 5.08. The van der Waals surface area contributed by atoms with Gasteiger partial charge < -0.3 is 22.1 Å². The van der Waals surface area contributed by atoms with Crippen molar-refractivity contribution in [2.75, 3.05) is 10.6 Å². The summed E-state index contributed by atoms with van der Waals surface area (Å²) in [5.74, 6) is 0.240. The van der Waals surface area contributed by atoms with Crippen molar-refractivity contribution in [3.63, 3.8) is 0 Å². The third kappa shape index (κ3) is 3.89. The zero-order chi connectivity index (χ0) is 19.5. The van der Waals surface area contributed by atoms with E-state index in [0.29, 0.717) is 11.8 Å². The third-order valence-electron chi connectivity index (χ3n) is 5.20. The Balaban J connectivity index is 1.62. The number of rotatable bonds is 5. The van der Waals surface area contributed by atoms with Crippen molar-refractivity contribution in [3.05, 3.63) is 54.2 Å². The van der Waals surface area contributed by atoms with Crippen LogP contribution in [0.15, 0.2) is 48.7 Å². The topological polar surface area (TPSA) is 119 Å². The van der Waals surface area contributed by atoms with Gasteiger partial charge in [-0.1, -0.05) is 43.2 Å². The van der Waals surface area contributed by atoms with Crippen LogP contribution in [0.3, 0.4) is 0 Å². The molecule has 2 unspecified atom stereocenters. The van der Waals surface area contributed by atoms with Gasteiger partial charge in [-0.05, 0) is 35.7 Å². The summed E-state index contributed by atoms with van der Waals surface area (Å²) in [6.07, 6.45) is 5.70. The zero-order valence-electron chi connectivity index (χ0n) is 15.6.